The maximum atomic E-state index is 9.84. The molecule has 0 amide bonds. The molecule has 9 rings (SSSR count). The molecule has 7 aromatic rings. The molecular formula is C43H30BNO2. The van der Waals surface area contributed by atoms with Crippen molar-refractivity contribution in [1.29, 1.82) is 0 Å². The van der Waals surface area contributed by atoms with Crippen LogP contribution in [0.25, 0.3) is 33.4 Å². The van der Waals surface area contributed by atoms with E-state index in [1.165, 1.54) is 50.1 Å². The maximum absolute atomic E-state index is 9.84. The minimum absolute atomic E-state index is 0.442. The number of nitrogens with zero attached hydrogens (tertiary/aromatic N) is 1. The van der Waals surface area contributed by atoms with Crippen molar-refractivity contribution in [3.05, 3.63) is 192 Å². The molecule has 2 N–H and O–H groups in total. The van der Waals surface area contributed by atoms with Crippen molar-refractivity contribution in [3.63, 3.8) is 0 Å². The van der Waals surface area contributed by atoms with Crippen molar-refractivity contribution in [2.45, 2.75) is 5.41 Å². The van der Waals surface area contributed by atoms with E-state index in [4.69, 9.17) is 0 Å². The summed E-state index contributed by atoms with van der Waals surface area (Å²) in [7, 11) is -1.52. The van der Waals surface area contributed by atoms with Gasteiger partial charge in [-0.25, -0.2) is 0 Å². The normalized spacial score (nSPS) is 13.1. The largest absolute Gasteiger partial charge is 0.488 e. The van der Waals surface area contributed by atoms with Gasteiger partial charge in [0.05, 0.1) is 5.41 Å². The van der Waals surface area contributed by atoms with Gasteiger partial charge in [-0.05, 0) is 97.5 Å². The van der Waals surface area contributed by atoms with E-state index in [-0.39, 0.29) is 0 Å². The summed E-state index contributed by atoms with van der Waals surface area (Å²) in [5, 5.41) is 19.7. The van der Waals surface area contributed by atoms with Crippen LogP contribution in [0.15, 0.2) is 170 Å². The molecule has 0 fully saturated rings. The Morgan fingerprint density at radius 2 is 0.809 bits per heavy atom. The van der Waals surface area contributed by atoms with Gasteiger partial charge >= 0.3 is 7.12 Å². The molecule has 0 radical (unpaired) electrons. The fourth-order valence-corrected chi connectivity index (χ4v) is 7.90. The molecule has 0 saturated heterocycles. The quantitative estimate of drug-likeness (QED) is 0.193. The highest BCUT2D eigenvalue weighted by atomic mass is 16.4. The standard InChI is InChI=1S/C43H30BNO2/c46-44(47)31-20-24-33(25-21-31)45(32-22-18-30(19-23-32)29-10-2-1-3-11-29)34-26-27-38-37-14-6-9-17-41(37)43(42(38)28-34)39-15-7-4-12-35(39)36-13-5-8-16-40(36)43/h1-28,46-47H. The fraction of sp³-hybridized carbons (Fsp3) is 0.0233. The van der Waals surface area contributed by atoms with E-state index in [9.17, 15) is 10.0 Å². The summed E-state index contributed by atoms with van der Waals surface area (Å²) in [5.74, 6) is 0. The van der Waals surface area contributed by atoms with Crippen LogP contribution in [0.4, 0.5) is 17.1 Å². The molecule has 4 heteroatoms. The lowest BCUT2D eigenvalue weighted by Crippen LogP contribution is -2.29. The first kappa shape index (κ1) is 27.6. The van der Waals surface area contributed by atoms with Crippen molar-refractivity contribution >= 4 is 29.6 Å². The molecule has 47 heavy (non-hydrogen) atoms. The van der Waals surface area contributed by atoms with E-state index in [1.54, 1.807) is 12.1 Å². The minimum atomic E-state index is -1.52. The average molecular weight is 604 g/mol. The van der Waals surface area contributed by atoms with E-state index in [2.05, 4.69) is 144 Å². The molecule has 7 aromatic carbocycles. The zero-order valence-electron chi connectivity index (χ0n) is 25.6. The molecule has 0 heterocycles. The monoisotopic (exact) mass is 603 g/mol. The summed E-state index contributed by atoms with van der Waals surface area (Å²) >= 11 is 0. The summed E-state index contributed by atoms with van der Waals surface area (Å²) < 4.78 is 0. The third kappa shape index (κ3) is 4.09. The van der Waals surface area contributed by atoms with Gasteiger partial charge in [0.1, 0.15) is 0 Å². The Bertz CT molecular complexity index is 2210. The lowest BCUT2D eigenvalue weighted by atomic mass is 9.70. The van der Waals surface area contributed by atoms with Gasteiger partial charge in [-0.15, -0.1) is 0 Å². The third-order valence-corrected chi connectivity index (χ3v) is 9.92. The highest BCUT2D eigenvalue weighted by Gasteiger charge is 2.51. The fourth-order valence-electron chi connectivity index (χ4n) is 7.90. The minimum Gasteiger partial charge on any atom is -0.423 e. The van der Waals surface area contributed by atoms with Gasteiger partial charge in [-0.3, -0.25) is 0 Å². The van der Waals surface area contributed by atoms with Crippen LogP contribution in [-0.2, 0) is 5.41 Å². The molecule has 1 spiro atoms. The van der Waals surface area contributed by atoms with E-state index in [1.807, 2.05) is 18.2 Å². The first-order valence-electron chi connectivity index (χ1n) is 16.0. The van der Waals surface area contributed by atoms with Crippen molar-refractivity contribution in [2.24, 2.45) is 0 Å². The molecule has 2 aliphatic carbocycles. The Kier molecular flexibility index (Phi) is 6.29. The average Bonchev–Trinajstić information content (AvgIpc) is 3.60. The van der Waals surface area contributed by atoms with Crippen LogP contribution >= 0.6 is 0 Å². The first-order valence-corrected chi connectivity index (χ1v) is 16.0. The van der Waals surface area contributed by atoms with Crippen LogP contribution in [0.3, 0.4) is 0 Å². The van der Waals surface area contributed by atoms with Gasteiger partial charge in [0.25, 0.3) is 0 Å². The van der Waals surface area contributed by atoms with E-state index < -0.39 is 12.5 Å². The molecular weight excluding hydrogens is 573 g/mol. The van der Waals surface area contributed by atoms with Gasteiger partial charge < -0.3 is 14.9 Å². The molecule has 222 valence electrons. The molecule has 0 aromatic heterocycles. The number of anilines is 3. The molecule has 0 aliphatic heterocycles. The number of rotatable bonds is 5. The lowest BCUT2D eigenvalue weighted by molar-refractivity contribution is 0.426. The molecule has 0 saturated carbocycles. The Labute approximate surface area is 274 Å². The SMILES string of the molecule is OB(O)c1ccc(N(c2ccc(-c3ccccc3)cc2)c2ccc3c(c2)C2(c4ccccc4-c4ccccc42)c2ccccc2-3)cc1. The Balaban J connectivity index is 1.27. The predicted molar refractivity (Wildman–Crippen MR) is 193 cm³/mol. The molecule has 0 unspecified atom stereocenters. The summed E-state index contributed by atoms with van der Waals surface area (Å²) in [6.45, 7) is 0. The van der Waals surface area contributed by atoms with Gasteiger partial charge in [-0.1, -0.05) is 133 Å². The number of hydrogen-bond acceptors (Lipinski definition) is 3. The van der Waals surface area contributed by atoms with E-state index in [0.29, 0.717) is 5.46 Å². The maximum Gasteiger partial charge on any atom is 0.488 e. The van der Waals surface area contributed by atoms with Gasteiger partial charge in [0.15, 0.2) is 0 Å². The van der Waals surface area contributed by atoms with Crippen LogP contribution < -0.4 is 10.4 Å². The second kappa shape index (κ2) is 10.7. The van der Waals surface area contributed by atoms with Crippen LogP contribution in [0.2, 0.25) is 0 Å². The molecule has 2 aliphatic rings. The molecule has 3 nitrogen and oxygen atoms in total. The van der Waals surface area contributed by atoms with Crippen molar-refractivity contribution in [2.75, 3.05) is 4.90 Å². The summed E-state index contributed by atoms with van der Waals surface area (Å²) in [5.41, 5.74) is 15.6. The van der Waals surface area contributed by atoms with Gasteiger partial charge in [-0.2, -0.15) is 0 Å². The predicted octanol–water partition coefficient (Wildman–Crippen LogP) is 8.85. The Hall–Kier alpha value is -5.68. The van der Waals surface area contributed by atoms with Gasteiger partial charge in [0.2, 0.25) is 0 Å². The first-order chi connectivity index (χ1) is 23.1. The summed E-state index contributed by atoms with van der Waals surface area (Å²) in [6, 6.07) is 59.9. The molecule has 0 bridgehead atoms. The summed E-state index contributed by atoms with van der Waals surface area (Å²) in [6.07, 6.45) is 0. The highest BCUT2D eigenvalue weighted by Crippen LogP contribution is 2.63. The number of fused-ring (bicyclic) bond motifs is 10. The topological polar surface area (TPSA) is 43.7 Å². The zero-order chi connectivity index (χ0) is 31.5. The Morgan fingerprint density at radius 3 is 1.34 bits per heavy atom. The van der Waals surface area contributed by atoms with Gasteiger partial charge in [0, 0.05) is 17.1 Å². The van der Waals surface area contributed by atoms with E-state index >= 15 is 0 Å². The van der Waals surface area contributed by atoms with Crippen LogP contribution in [0.1, 0.15) is 22.3 Å². The highest BCUT2D eigenvalue weighted by molar-refractivity contribution is 6.58. The number of hydrogen-bond donors (Lipinski definition) is 2. The lowest BCUT2D eigenvalue weighted by Gasteiger charge is -2.32. The van der Waals surface area contributed by atoms with Crippen molar-refractivity contribution in [3.8, 4) is 33.4 Å². The third-order valence-electron chi connectivity index (χ3n) is 9.92. The second-order valence-corrected chi connectivity index (χ2v) is 12.3. The second-order valence-electron chi connectivity index (χ2n) is 12.3. The van der Waals surface area contributed by atoms with Crippen LogP contribution in [0.5, 0.6) is 0 Å². The number of benzene rings is 7. The molecule has 0 atom stereocenters. The van der Waals surface area contributed by atoms with E-state index in [0.717, 1.165) is 22.6 Å². The van der Waals surface area contributed by atoms with Crippen molar-refractivity contribution < 1.29 is 10.0 Å². The summed E-state index contributed by atoms with van der Waals surface area (Å²) in [4.78, 5) is 2.26. The zero-order valence-corrected chi connectivity index (χ0v) is 25.6. The Morgan fingerprint density at radius 1 is 0.383 bits per heavy atom. The van der Waals surface area contributed by atoms with Crippen LogP contribution in [0, 0.1) is 0 Å². The van der Waals surface area contributed by atoms with Crippen LogP contribution in [-0.4, -0.2) is 17.2 Å². The smallest absolute Gasteiger partial charge is 0.423 e. The van der Waals surface area contributed by atoms with Crippen molar-refractivity contribution in [1.82, 2.24) is 0 Å².